The van der Waals surface area contributed by atoms with Crippen LogP contribution in [-0.2, 0) is 0 Å². The van der Waals surface area contributed by atoms with Crippen molar-refractivity contribution in [3.8, 4) is 95.7 Å². The van der Waals surface area contributed by atoms with Crippen LogP contribution in [0.4, 0.5) is 0 Å². The first-order valence-electron chi connectivity index (χ1n) is 22.5. The fraction of sp³-hybridized carbons (Fsp3) is 0. The molecule has 3 heterocycles. The van der Waals surface area contributed by atoms with Gasteiger partial charge in [-0.1, -0.05) is 200 Å². The van der Waals surface area contributed by atoms with E-state index in [1.165, 1.54) is 11.1 Å². The zero-order valence-corrected chi connectivity index (χ0v) is 36.4. The molecule has 0 N–H and O–H groups in total. The summed E-state index contributed by atoms with van der Waals surface area (Å²) in [4.78, 5) is 21.0. The molecule has 0 aliphatic carbocycles. The fourth-order valence-electron chi connectivity index (χ4n) is 9.13. The summed E-state index contributed by atoms with van der Waals surface area (Å²) in [6.45, 7) is 0. The smallest absolute Gasteiger partial charge is 0.160 e. The van der Waals surface area contributed by atoms with Crippen molar-refractivity contribution in [1.29, 1.82) is 0 Å². The van der Waals surface area contributed by atoms with Gasteiger partial charge in [0.1, 0.15) is 0 Å². The van der Waals surface area contributed by atoms with Gasteiger partial charge < -0.3 is 4.57 Å². The Morgan fingerprint density at radius 3 is 1.01 bits per heavy atom. The highest BCUT2D eigenvalue weighted by Crippen LogP contribution is 2.42. The van der Waals surface area contributed by atoms with Gasteiger partial charge in [-0.15, -0.1) is 0 Å². The van der Waals surface area contributed by atoms with Crippen LogP contribution < -0.4 is 0 Å². The van der Waals surface area contributed by atoms with Crippen LogP contribution in [0.2, 0.25) is 0 Å². The molecule has 0 amide bonds. The summed E-state index contributed by atoms with van der Waals surface area (Å²) in [6, 6.07) is 87.0. The fourth-order valence-corrected chi connectivity index (χ4v) is 9.13. The Morgan fingerprint density at radius 2 is 0.582 bits per heavy atom. The third-order valence-electron chi connectivity index (χ3n) is 12.4. The molecule has 314 valence electrons. The molecule has 0 spiro atoms. The van der Waals surface area contributed by atoms with Crippen LogP contribution in [-0.4, -0.2) is 24.5 Å². The van der Waals surface area contributed by atoms with Crippen molar-refractivity contribution < 1.29 is 0 Å². The van der Waals surface area contributed by atoms with Crippen molar-refractivity contribution in [2.45, 2.75) is 0 Å². The average molecular weight is 856 g/mol. The molecule has 3 aromatic heterocycles. The predicted molar refractivity (Wildman–Crippen MR) is 275 cm³/mol. The van der Waals surface area contributed by atoms with Crippen LogP contribution in [0.1, 0.15) is 0 Å². The standard InChI is InChI=1S/C62H41N5/c1-7-19-42(20-8-1)48-31-34-58-51(37-48)52-38-49(43-21-9-2-10-22-43)32-35-59(52)67(58)60-36-33-50(56-40-54(44-23-11-3-12-24-44)63-61(65-56)46-27-15-5-16-28-46)39-53(60)57-41-55(45-25-13-4-14-26-45)64-62(66-57)47-29-17-6-18-30-47/h1-41H. The Hall–Kier alpha value is -9.06. The van der Waals surface area contributed by atoms with Gasteiger partial charge in [-0.3, -0.25) is 0 Å². The molecule has 0 bridgehead atoms. The molecule has 5 heteroatoms. The quantitative estimate of drug-likeness (QED) is 0.145. The Balaban J connectivity index is 1.15. The average Bonchev–Trinajstić information content (AvgIpc) is 3.74. The second kappa shape index (κ2) is 17.1. The molecule has 0 radical (unpaired) electrons. The monoisotopic (exact) mass is 855 g/mol. The van der Waals surface area contributed by atoms with Crippen LogP contribution >= 0.6 is 0 Å². The highest BCUT2D eigenvalue weighted by atomic mass is 15.0. The van der Waals surface area contributed by atoms with Crippen LogP contribution in [0.5, 0.6) is 0 Å². The van der Waals surface area contributed by atoms with E-state index >= 15 is 0 Å². The largest absolute Gasteiger partial charge is 0.309 e. The number of rotatable bonds is 9. The zero-order valence-electron chi connectivity index (χ0n) is 36.4. The van der Waals surface area contributed by atoms with Crippen LogP contribution in [0.15, 0.2) is 249 Å². The number of fused-ring (bicyclic) bond motifs is 3. The van der Waals surface area contributed by atoms with E-state index in [1.54, 1.807) is 0 Å². The van der Waals surface area contributed by atoms with Crippen LogP contribution in [0, 0.1) is 0 Å². The summed E-state index contributed by atoms with van der Waals surface area (Å²) in [5.41, 5.74) is 16.9. The highest BCUT2D eigenvalue weighted by Gasteiger charge is 2.22. The second-order valence-electron chi connectivity index (χ2n) is 16.7. The summed E-state index contributed by atoms with van der Waals surface area (Å²) in [7, 11) is 0. The van der Waals surface area contributed by atoms with Crippen molar-refractivity contribution in [1.82, 2.24) is 24.5 Å². The Labute approximate surface area is 389 Å². The molecule has 0 aliphatic heterocycles. The third kappa shape index (κ3) is 7.64. The summed E-state index contributed by atoms with van der Waals surface area (Å²) in [5, 5.41) is 2.33. The summed E-state index contributed by atoms with van der Waals surface area (Å²) in [6.07, 6.45) is 0. The number of hydrogen-bond donors (Lipinski definition) is 0. The molecule has 0 unspecified atom stereocenters. The van der Waals surface area contributed by atoms with Gasteiger partial charge >= 0.3 is 0 Å². The maximum absolute atomic E-state index is 5.45. The van der Waals surface area contributed by atoms with Gasteiger partial charge in [-0.2, -0.15) is 0 Å². The lowest BCUT2D eigenvalue weighted by Gasteiger charge is -2.17. The number of benzene rings is 9. The number of nitrogens with zero attached hydrogens (tertiary/aromatic N) is 5. The van der Waals surface area contributed by atoms with Gasteiger partial charge in [0.15, 0.2) is 11.6 Å². The van der Waals surface area contributed by atoms with Gasteiger partial charge in [0.2, 0.25) is 0 Å². The van der Waals surface area contributed by atoms with Crippen LogP contribution in [0.25, 0.3) is 118 Å². The molecule has 12 aromatic rings. The Morgan fingerprint density at radius 1 is 0.239 bits per heavy atom. The Bertz CT molecular complexity index is 3490. The van der Waals surface area contributed by atoms with Crippen molar-refractivity contribution in [3.63, 3.8) is 0 Å². The van der Waals surface area contributed by atoms with Gasteiger partial charge in [-0.05, 0) is 70.8 Å². The maximum atomic E-state index is 5.45. The minimum Gasteiger partial charge on any atom is -0.309 e. The van der Waals surface area contributed by atoms with Crippen molar-refractivity contribution in [2.75, 3.05) is 0 Å². The first-order chi connectivity index (χ1) is 33.2. The van der Waals surface area contributed by atoms with E-state index in [9.17, 15) is 0 Å². The normalized spacial score (nSPS) is 11.3. The molecule has 5 nitrogen and oxygen atoms in total. The molecule has 9 aromatic carbocycles. The van der Waals surface area contributed by atoms with Crippen molar-refractivity contribution >= 4 is 21.8 Å². The van der Waals surface area contributed by atoms with Crippen molar-refractivity contribution in [3.05, 3.63) is 249 Å². The van der Waals surface area contributed by atoms with E-state index in [-0.39, 0.29) is 0 Å². The number of aromatic nitrogens is 5. The molecular weight excluding hydrogens is 815 g/mol. The molecule has 0 fully saturated rings. The summed E-state index contributed by atoms with van der Waals surface area (Å²) in [5.74, 6) is 1.31. The topological polar surface area (TPSA) is 56.5 Å². The Kier molecular flexibility index (Phi) is 10.1. The SMILES string of the molecule is c1ccc(-c2ccc3c(c2)c2cc(-c4ccccc4)ccc2n3-c2ccc(-c3cc(-c4ccccc4)nc(-c4ccccc4)n3)cc2-c2cc(-c3ccccc3)nc(-c3ccccc3)n2)cc1. The molecule has 0 aliphatic rings. The molecular formula is C62H41N5. The van der Waals surface area contributed by atoms with E-state index in [2.05, 4.69) is 193 Å². The molecule has 0 saturated heterocycles. The summed E-state index contributed by atoms with van der Waals surface area (Å²) < 4.78 is 2.41. The number of hydrogen-bond acceptors (Lipinski definition) is 4. The third-order valence-corrected chi connectivity index (χ3v) is 12.4. The van der Waals surface area contributed by atoms with Gasteiger partial charge in [-0.25, -0.2) is 19.9 Å². The minimum absolute atomic E-state index is 0.648. The first kappa shape index (κ1) is 39.5. The van der Waals surface area contributed by atoms with Gasteiger partial charge in [0.25, 0.3) is 0 Å². The van der Waals surface area contributed by atoms with Crippen LogP contribution in [0.3, 0.4) is 0 Å². The van der Waals surface area contributed by atoms with Gasteiger partial charge in [0, 0.05) is 44.2 Å². The van der Waals surface area contributed by atoms with E-state index in [0.29, 0.717) is 11.6 Å². The molecule has 67 heavy (non-hydrogen) atoms. The lowest BCUT2D eigenvalue weighted by Crippen LogP contribution is -2.02. The molecule has 0 atom stereocenters. The van der Waals surface area contributed by atoms with E-state index in [1.807, 2.05) is 60.7 Å². The van der Waals surface area contributed by atoms with E-state index in [4.69, 9.17) is 19.9 Å². The lowest BCUT2D eigenvalue weighted by molar-refractivity contribution is 1.15. The van der Waals surface area contributed by atoms with E-state index < -0.39 is 0 Å². The first-order valence-corrected chi connectivity index (χ1v) is 22.5. The minimum atomic E-state index is 0.648. The zero-order chi connectivity index (χ0) is 44.5. The second-order valence-corrected chi connectivity index (χ2v) is 16.7. The molecule has 12 rings (SSSR count). The maximum Gasteiger partial charge on any atom is 0.160 e. The van der Waals surface area contributed by atoms with Crippen molar-refractivity contribution in [2.24, 2.45) is 0 Å². The van der Waals surface area contributed by atoms with E-state index in [0.717, 1.165) is 94.8 Å². The summed E-state index contributed by atoms with van der Waals surface area (Å²) >= 11 is 0. The lowest BCUT2D eigenvalue weighted by atomic mass is 9.99. The predicted octanol–water partition coefficient (Wildman–Crippen LogP) is 15.7. The molecule has 0 saturated carbocycles. The highest BCUT2D eigenvalue weighted by molar-refractivity contribution is 6.12. The van der Waals surface area contributed by atoms with Gasteiger partial charge in [0.05, 0.1) is 39.5 Å².